The number of carbonyl (C=O) groups excluding carboxylic acids is 1. The average molecular weight is 954 g/mol. The van der Waals surface area contributed by atoms with Gasteiger partial charge in [0.1, 0.15) is 24.1 Å². The van der Waals surface area contributed by atoms with Crippen LogP contribution in [0.5, 0.6) is 11.5 Å². The largest absolute Gasteiger partial charge is 0.493 e. The fraction of sp³-hybridized carbons (Fsp3) is 0.393. The summed E-state index contributed by atoms with van der Waals surface area (Å²) in [7, 11) is 0. The van der Waals surface area contributed by atoms with Crippen molar-refractivity contribution in [2.24, 2.45) is 22.9 Å². The Morgan fingerprint density at radius 1 is 0.942 bits per heavy atom. The Balaban J connectivity index is 1.28. The molecule has 5 aromatic carbocycles. The molecule has 0 bridgehead atoms. The monoisotopic (exact) mass is 953 g/mol. The topological polar surface area (TPSA) is 153 Å². The van der Waals surface area contributed by atoms with Crippen LogP contribution in [-0.4, -0.2) is 82.2 Å². The van der Waals surface area contributed by atoms with Gasteiger partial charge in [-0.15, -0.1) is 18.3 Å². The number of nitro groups is 1. The van der Waals surface area contributed by atoms with E-state index >= 15 is 4.79 Å². The number of nitrogens with zero attached hydrogens (tertiary/aromatic N) is 3. The highest BCUT2D eigenvalue weighted by Crippen LogP contribution is 2.62. The molecule has 362 valence electrons. The zero-order valence-corrected chi connectivity index (χ0v) is 40.1. The van der Waals surface area contributed by atoms with E-state index in [1.807, 2.05) is 77.7 Å². The number of rotatable bonds is 24. The first-order valence-electron chi connectivity index (χ1n) is 24.3. The minimum Gasteiger partial charge on any atom is -0.493 e. The Morgan fingerprint density at radius 3 is 2.43 bits per heavy atom. The van der Waals surface area contributed by atoms with Crippen molar-refractivity contribution in [3.8, 4) is 11.5 Å². The van der Waals surface area contributed by atoms with E-state index in [9.17, 15) is 20.3 Å². The molecule has 2 aliphatic carbocycles. The van der Waals surface area contributed by atoms with E-state index < -0.39 is 22.7 Å². The molecule has 12 nitrogen and oxygen atoms in total. The lowest BCUT2D eigenvalue weighted by Gasteiger charge is -2.60. The number of non-ortho nitro benzene ring substituents is 1. The van der Waals surface area contributed by atoms with Crippen molar-refractivity contribution in [3.05, 3.63) is 166 Å². The molecular weight excluding hydrogens is 891 g/mol. The van der Waals surface area contributed by atoms with Crippen LogP contribution < -0.4 is 9.47 Å². The molecule has 0 spiro atoms. The molecule has 3 aliphatic rings. The van der Waals surface area contributed by atoms with E-state index in [4.69, 9.17) is 24.2 Å². The summed E-state index contributed by atoms with van der Waals surface area (Å²) in [6.45, 7) is 7.40. The Kier molecular flexibility index (Phi) is 16.9. The molecular formula is C56H63N3O9S. The Morgan fingerprint density at radius 2 is 1.70 bits per heavy atom. The average Bonchev–Trinajstić information content (AvgIpc) is 3.37. The maximum Gasteiger partial charge on any atom is 0.269 e. The second-order valence-electron chi connectivity index (χ2n) is 18.0. The zero-order chi connectivity index (χ0) is 48.2. The summed E-state index contributed by atoms with van der Waals surface area (Å²) >= 11 is 1.74. The van der Waals surface area contributed by atoms with Gasteiger partial charge >= 0.3 is 0 Å². The zero-order valence-electron chi connectivity index (χ0n) is 39.3. The van der Waals surface area contributed by atoms with E-state index in [1.54, 1.807) is 30.0 Å². The van der Waals surface area contributed by atoms with Crippen LogP contribution in [0.2, 0.25) is 0 Å². The molecule has 13 heteroatoms. The number of thioether (sulfide) groups is 1. The number of aliphatic hydroxyl groups is 2. The Labute approximate surface area is 409 Å². The van der Waals surface area contributed by atoms with E-state index in [1.165, 1.54) is 17.0 Å². The number of nitro benzene ring substituents is 1. The highest BCUT2D eigenvalue weighted by molar-refractivity contribution is 7.99. The van der Waals surface area contributed by atoms with Gasteiger partial charge in [0.15, 0.2) is 0 Å². The highest BCUT2D eigenvalue weighted by atomic mass is 32.2. The molecule has 6 unspecified atom stereocenters. The molecule has 1 saturated carbocycles. The number of hydrogen-bond acceptors (Lipinski definition) is 11. The van der Waals surface area contributed by atoms with Crippen molar-refractivity contribution >= 4 is 39.8 Å². The smallest absolute Gasteiger partial charge is 0.269 e. The van der Waals surface area contributed by atoms with Crippen LogP contribution >= 0.6 is 11.8 Å². The lowest BCUT2D eigenvalue weighted by Crippen LogP contribution is -2.70. The number of oxime groups is 1. The standard InChI is InChI=1S/C56H63N3O9S/c1-3-28-58(55(62)43-23-22-40-14-8-9-15-41(40)34-43)52-37-50(57-67-38-39-20-24-44(25-21-39)59(63)64)48-35-42(16-10-12-29-60)47(19-11-13-30-61)53-49-36-45(65-32-33-69-46-17-6-5-7-18-46)26-27-51(49)68-56(52,54(48)53)66-31-4-2/h4-9,14-15,17-18,20-27,34-36,42,47,52-54,60-61H,2-3,10-13,16,19,28-33,37-38H2,1H3. The van der Waals surface area contributed by atoms with E-state index in [0.29, 0.717) is 55.0 Å². The number of benzene rings is 5. The molecule has 0 aromatic heterocycles. The normalized spacial score (nSPS) is 21.9. The molecule has 1 amide bonds. The van der Waals surface area contributed by atoms with Crippen LogP contribution in [0.1, 0.15) is 85.7 Å². The number of aliphatic hydroxyl groups excluding tert-OH is 2. The van der Waals surface area contributed by atoms with Gasteiger partial charge in [-0.3, -0.25) is 14.9 Å². The molecule has 69 heavy (non-hydrogen) atoms. The number of amides is 1. The van der Waals surface area contributed by atoms with Gasteiger partial charge in [-0.25, -0.2) is 0 Å². The van der Waals surface area contributed by atoms with Crippen molar-refractivity contribution in [1.29, 1.82) is 0 Å². The summed E-state index contributed by atoms with van der Waals surface area (Å²) in [6, 6.07) is 35.7. The molecule has 1 aliphatic heterocycles. The van der Waals surface area contributed by atoms with Crippen LogP contribution in [0.15, 0.2) is 150 Å². The third kappa shape index (κ3) is 11.2. The van der Waals surface area contributed by atoms with E-state index in [-0.39, 0.29) is 62.2 Å². The molecule has 6 atom stereocenters. The van der Waals surface area contributed by atoms with Crippen molar-refractivity contribution < 1.29 is 39.0 Å². The molecule has 2 N–H and O–H groups in total. The molecule has 1 fully saturated rings. The number of hydrogen-bond donors (Lipinski definition) is 2. The molecule has 0 saturated heterocycles. The van der Waals surface area contributed by atoms with Crippen molar-refractivity contribution in [1.82, 2.24) is 4.90 Å². The second kappa shape index (κ2) is 23.5. The van der Waals surface area contributed by atoms with Gasteiger partial charge in [-0.2, -0.15) is 0 Å². The van der Waals surface area contributed by atoms with Gasteiger partial charge in [-0.1, -0.05) is 85.6 Å². The summed E-state index contributed by atoms with van der Waals surface area (Å²) < 4.78 is 21.2. The van der Waals surface area contributed by atoms with Crippen LogP contribution in [-0.2, 0) is 16.2 Å². The van der Waals surface area contributed by atoms with Crippen molar-refractivity contribution in [2.75, 3.05) is 38.7 Å². The third-order valence-electron chi connectivity index (χ3n) is 13.7. The van der Waals surface area contributed by atoms with Gasteiger partial charge in [0.05, 0.1) is 29.8 Å². The fourth-order valence-corrected chi connectivity index (χ4v) is 11.4. The predicted octanol–water partition coefficient (Wildman–Crippen LogP) is 11.3. The third-order valence-corrected chi connectivity index (χ3v) is 14.6. The Bertz CT molecular complexity index is 2610. The first-order chi connectivity index (χ1) is 33.8. The molecule has 0 radical (unpaired) electrons. The lowest BCUT2D eigenvalue weighted by molar-refractivity contribution is -0.384. The Hall–Kier alpha value is -5.99. The number of unbranched alkanes of at least 4 members (excludes halogenated alkanes) is 2. The quantitative estimate of drug-likeness (QED) is 0.0201. The maximum atomic E-state index is 15.3. The van der Waals surface area contributed by atoms with Gasteiger partial charge in [0.2, 0.25) is 5.79 Å². The molecule has 5 aromatic rings. The maximum absolute atomic E-state index is 15.3. The number of fused-ring (bicyclic) bond motifs is 3. The number of carbonyl (C=O) groups is 1. The van der Waals surface area contributed by atoms with Crippen LogP contribution in [0, 0.1) is 27.9 Å². The lowest BCUT2D eigenvalue weighted by atomic mass is 9.55. The first kappa shape index (κ1) is 49.4. The summed E-state index contributed by atoms with van der Waals surface area (Å²) in [5, 5.41) is 38.4. The van der Waals surface area contributed by atoms with Crippen LogP contribution in [0.4, 0.5) is 5.69 Å². The van der Waals surface area contributed by atoms with Gasteiger partial charge in [0, 0.05) is 66.0 Å². The summed E-state index contributed by atoms with van der Waals surface area (Å²) in [4.78, 5) is 35.7. The first-order valence-corrected chi connectivity index (χ1v) is 25.3. The van der Waals surface area contributed by atoms with Crippen LogP contribution in [0.25, 0.3) is 10.8 Å². The summed E-state index contributed by atoms with van der Waals surface area (Å²) in [5.41, 5.74) is 3.81. The van der Waals surface area contributed by atoms with Gasteiger partial charge in [0.25, 0.3) is 11.6 Å². The molecule has 8 rings (SSSR count). The minimum atomic E-state index is -1.42. The number of ether oxygens (including phenoxy) is 3. The SMILES string of the molecule is C=CCOC12Oc3ccc(OCCSc4ccccc4)cc3C3C(CCCCO)C(CCCCO)C=C(C(=NOCc4ccc([N+](=O)[O-])cc4)CC1N(CCC)C(=O)c1ccc4ccccc4c1)C32. The van der Waals surface area contributed by atoms with Crippen molar-refractivity contribution in [2.45, 2.75) is 87.5 Å². The summed E-state index contributed by atoms with van der Waals surface area (Å²) in [5.74, 6) is -0.0761. The minimum absolute atomic E-state index is 0.0143. The summed E-state index contributed by atoms with van der Waals surface area (Å²) in [6.07, 6.45) is 9.45. The fourth-order valence-electron chi connectivity index (χ4n) is 10.6. The second-order valence-corrected chi connectivity index (χ2v) is 19.2. The molecule has 1 heterocycles. The van der Waals surface area contributed by atoms with E-state index in [0.717, 1.165) is 59.1 Å². The number of allylic oxidation sites excluding steroid dienone is 1. The van der Waals surface area contributed by atoms with Gasteiger partial charge < -0.3 is 34.2 Å². The van der Waals surface area contributed by atoms with Gasteiger partial charge in [-0.05, 0) is 120 Å². The van der Waals surface area contributed by atoms with E-state index in [2.05, 4.69) is 37.8 Å². The highest BCUT2D eigenvalue weighted by Gasteiger charge is 2.65. The predicted molar refractivity (Wildman–Crippen MR) is 271 cm³/mol. The van der Waals surface area contributed by atoms with Crippen molar-refractivity contribution in [3.63, 3.8) is 0 Å². The van der Waals surface area contributed by atoms with Crippen LogP contribution in [0.3, 0.4) is 0 Å².